The number of alkyl halides is 4. The fourth-order valence-electron chi connectivity index (χ4n) is 4.77. The van der Waals surface area contributed by atoms with E-state index in [2.05, 4.69) is 5.32 Å². The van der Waals surface area contributed by atoms with Gasteiger partial charge in [0.15, 0.2) is 0 Å². The fourth-order valence-corrected chi connectivity index (χ4v) is 5.71. The predicted molar refractivity (Wildman–Crippen MR) is 154 cm³/mol. The molecule has 42 heavy (non-hydrogen) atoms. The maximum absolute atomic E-state index is 13.8. The van der Waals surface area contributed by atoms with Crippen molar-refractivity contribution >= 4 is 47.1 Å². The van der Waals surface area contributed by atoms with Gasteiger partial charge in [0.1, 0.15) is 14.5 Å². The smallest absolute Gasteiger partial charge is 0.394 e. The molecule has 0 fully saturated rings. The Morgan fingerprint density at radius 3 is 2.36 bits per heavy atom. The van der Waals surface area contributed by atoms with Gasteiger partial charge in [-0.3, -0.25) is 9.00 Å². The molecule has 1 amide bonds. The van der Waals surface area contributed by atoms with E-state index < -0.39 is 58.8 Å². The van der Waals surface area contributed by atoms with E-state index >= 15 is 0 Å². The van der Waals surface area contributed by atoms with E-state index in [0.717, 1.165) is 12.1 Å². The zero-order valence-electron chi connectivity index (χ0n) is 22.3. The highest BCUT2D eigenvalue weighted by Crippen LogP contribution is 2.41. The Hall–Kier alpha value is -3.19. The molecule has 0 bridgehead atoms. The second-order valence-electron chi connectivity index (χ2n) is 9.51. The zero-order valence-corrected chi connectivity index (χ0v) is 23.9. The normalized spacial score (nSPS) is 14.9. The van der Waals surface area contributed by atoms with Crippen molar-refractivity contribution in [2.45, 2.75) is 36.1 Å². The van der Waals surface area contributed by atoms with Crippen LogP contribution in [0, 0.1) is 0 Å². The van der Waals surface area contributed by atoms with Crippen LogP contribution in [0.4, 0.5) is 17.6 Å². The number of aryl methyl sites for hydroxylation is 1. The van der Waals surface area contributed by atoms with Crippen LogP contribution in [0.5, 0.6) is 0 Å². The summed E-state index contributed by atoms with van der Waals surface area (Å²) < 4.78 is 68.3. The quantitative estimate of drug-likeness (QED) is 0.167. The number of nitrogens with one attached hydrogen (secondary N) is 1. The molecule has 3 unspecified atom stereocenters. The summed E-state index contributed by atoms with van der Waals surface area (Å²) in [4.78, 5) is 13.7. The number of fused-ring (bicyclic) bond motifs is 1. The van der Waals surface area contributed by atoms with Gasteiger partial charge >= 0.3 is 6.18 Å². The summed E-state index contributed by atoms with van der Waals surface area (Å²) in [6.07, 6.45) is -4.90. The minimum absolute atomic E-state index is 0.136. The number of carbonyl (C=O) groups excluding carboxylic acids is 1. The monoisotopic (exact) mass is 620 g/mol. The first-order chi connectivity index (χ1) is 19.8. The van der Waals surface area contributed by atoms with Gasteiger partial charge in [-0.2, -0.15) is 13.2 Å². The van der Waals surface area contributed by atoms with Crippen molar-refractivity contribution in [3.8, 4) is 0 Å². The maximum Gasteiger partial charge on any atom is 0.416 e. The molecule has 13 heteroatoms. The molecule has 0 aliphatic carbocycles. The first-order valence-corrected chi connectivity index (χ1v) is 14.5. The number of nitrogens with zero attached hydrogens (tertiary/aromatic N) is 1. The van der Waals surface area contributed by atoms with Crippen molar-refractivity contribution in [3.63, 3.8) is 0 Å². The number of amides is 1. The van der Waals surface area contributed by atoms with Gasteiger partial charge in [-0.1, -0.05) is 36.7 Å². The number of aliphatic hydroxyl groups is 2. The Balaban J connectivity index is 1.70. The summed E-state index contributed by atoms with van der Waals surface area (Å²) in [7, 11) is 4.97. The van der Waals surface area contributed by atoms with E-state index in [1.54, 1.807) is 31.2 Å². The summed E-state index contributed by atoms with van der Waals surface area (Å²) in [6.45, 7) is 0.122. The van der Waals surface area contributed by atoms with E-state index in [0.29, 0.717) is 33.2 Å². The molecule has 0 aliphatic heterocycles. The van der Waals surface area contributed by atoms with E-state index in [1.165, 1.54) is 28.8 Å². The Bertz CT molecular complexity index is 1630. The Labute approximate surface area is 248 Å². The highest BCUT2D eigenvalue weighted by molar-refractivity contribution is 7.85. The number of aliphatic hydroxyl groups excluding tert-OH is 1. The minimum atomic E-state index is -4.90. The van der Waals surface area contributed by atoms with Crippen molar-refractivity contribution in [3.05, 3.63) is 99.7 Å². The van der Waals surface area contributed by atoms with Gasteiger partial charge in [0.05, 0.1) is 41.1 Å². The number of hydrogen-bond acceptors (Lipinski definition) is 4. The molecule has 3 atom stereocenters. The average Bonchev–Trinajstić information content (AvgIpc) is 3.33. The van der Waals surface area contributed by atoms with Crippen LogP contribution in [-0.4, -0.2) is 51.8 Å². The largest absolute Gasteiger partial charge is 0.416 e. The highest BCUT2D eigenvalue weighted by atomic mass is 35.5. The van der Waals surface area contributed by atoms with Crippen molar-refractivity contribution < 1.29 is 36.8 Å². The van der Waals surface area contributed by atoms with Crippen LogP contribution in [-0.2, 0) is 29.0 Å². The number of hydrogen-bond donors (Lipinski definition) is 3. The van der Waals surface area contributed by atoms with Crippen LogP contribution in [0.25, 0.3) is 10.9 Å². The lowest BCUT2D eigenvalue weighted by Gasteiger charge is -2.29. The summed E-state index contributed by atoms with van der Waals surface area (Å²) in [5.74, 6) is -0.126. The third-order valence-electron chi connectivity index (χ3n) is 6.86. The molecule has 2 radical (unpaired) electrons. The molecule has 0 spiro atoms. The summed E-state index contributed by atoms with van der Waals surface area (Å²) in [5.41, 5.74) is -3.82. The van der Waals surface area contributed by atoms with Gasteiger partial charge in [0.2, 0.25) is 0 Å². The SMILES string of the molecule is [B]C(O)(c1ccc(Cl)cc1C(F)(F)F)c1cc2cc(C(=O)NC(CO)c3ccc(S(=O)CC)cc3)ccc2n1CCF. The molecule has 4 aromatic rings. The van der Waals surface area contributed by atoms with Crippen LogP contribution in [0.3, 0.4) is 0 Å². The number of halogens is 5. The van der Waals surface area contributed by atoms with Gasteiger partial charge < -0.3 is 20.1 Å². The van der Waals surface area contributed by atoms with Crippen LogP contribution in [0.1, 0.15) is 45.7 Å². The summed E-state index contributed by atoms with van der Waals surface area (Å²) in [6, 6.07) is 14.2. The second-order valence-corrected chi connectivity index (χ2v) is 11.7. The van der Waals surface area contributed by atoms with Crippen molar-refractivity contribution in [2.75, 3.05) is 19.0 Å². The molecule has 3 N–H and O–H groups in total. The van der Waals surface area contributed by atoms with Gasteiger partial charge in [0.25, 0.3) is 5.91 Å². The fraction of sp³-hybridized carbons (Fsp3) is 0.276. The van der Waals surface area contributed by atoms with Gasteiger partial charge in [-0.15, -0.1) is 0 Å². The predicted octanol–water partition coefficient (Wildman–Crippen LogP) is 5.24. The molecular formula is C29H26BClF4N2O4S. The van der Waals surface area contributed by atoms with Gasteiger partial charge in [-0.25, -0.2) is 4.39 Å². The van der Waals surface area contributed by atoms with E-state index in [1.807, 2.05) is 0 Å². The van der Waals surface area contributed by atoms with Crippen molar-refractivity contribution in [1.29, 1.82) is 0 Å². The highest BCUT2D eigenvalue weighted by Gasteiger charge is 2.40. The topological polar surface area (TPSA) is 91.6 Å². The first kappa shape index (κ1) is 31.7. The maximum atomic E-state index is 13.8. The lowest BCUT2D eigenvalue weighted by atomic mass is 9.71. The standard InChI is InChI=1S/C29H26BClF4N2O4S/c1-2-42(41)21-7-3-17(4-8-21)24(16-38)36-27(39)18-5-10-25-19(13-18)14-26(37(25)12-11-32)28(30,40)22-9-6-20(31)15-23(22)29(33,34)35/h3-10,13-15,24,38,40H,2,11-12,16H2,1H3,(H,36,39). The van der Waals surface area contributed by atoms with E-state index in [-0.39, 0.29) is 22.8 Å². The molecule has 0 saturated heterocycles. The Morgan fingerprint density at radius 2 is 1.76 bits per heavy atom. The minimum Gasteiger partial charge on any atom is -0.394 e. The van der Waals surface area contributed by atoms with Crippen molar-refractivity contribution in [2.24, 2.45) is 0 Å². The molecule has 1 aromatic heterocycles. The molecule has 3 aromatic carbocycles. The van der Waals surface area contributed by atoms with Crippen LogP contribution in [0.15, 0.2) is 71.6 Å². The zero-order chi connectivity index (χ0) is 30.8. The number of benzene rings is 3. The Morgan fingerprint density at radius 1 is 1.07 bits per heavy atom. The lowest BCUT2D eigenvalue weighted by Crippen LogP contribution is -2.33. The lowest BCUT2D eigenvalue weighted by molar-refractivity contribution is -0.139. The van der Waals surface area contributed by atoms with Crippen LogP contribution < -0.4 is 5.32 Å². The number of carbonyl (C=O) groups is 1. The van der Waals surface area contributed by atoms with E-state index in [4.69, 9.17) is 19.4 Å². The second kappa shape index (κ2) is 12.6. The van der Waals surface area contributed by atoms with Gasteiger partial charge in [-0.05, 0) is 59.7 Å². The molecule has 0 aliphatic rings. The molecule has 1 heterocycles. The van der Waals surface area contributed by atoms with Crippen LogP contribution in [0.2, 0.25) is 5.02 Å². The number of aromatic nitrogens is 1. The first-order valence-electron chi connectivity index (χ1n) is 12.8. The molecule has 220 valence electrons. The molecule has 0 saturated carbocycles. The molecule has 6 nitrogen and oxygen atoms in total. The van der Waals surface area contributed by atoms with Crippen molar-refractivity contribution in [1.82, 2.24) is 9.88 Å². The summed E-state index contributed by atoms with van der Waals surface area (Å²) >= 11 is 5.78. The average molecular weight is 621 g/mol. The third kappa shape index (κ3) is 6.41. The molecular weight excluding hydrogens is 595 g/mol. The Kier molecular flexibility index (Phi) is 9.51. The van der Waals surface area contributed by atoms with Crippen LogP contribution >= 0.6 is 11.6 Å². The summed E-state index contributed by atoms with van der Waals surface area (Å²) in [5, 5.41) is 24.0. The third-order valence-corrected chi connectivity index (χ3v) is 8.41. The molecule has 4 rings (SSSR count). The number of rotatable bonds is 10. The van der Waals surface area contributed by atoms with E-state index in [9.17, 15) is 36.8 Å². The van der Waals surface area contributed by atoms with Gasteiger partial charge in [0, 0.05) is 37.8 Å².